The van der Waals surface area contributed by atoms with Crippen LogP contribution in [0.25, 0.3) is 0 Å². The Morgan fingerprint density at radius 3 is 1.33 bits per heavy atom. The Balaban J connectivity index is -0.0000000800. The van der Waals surface area contributed by atoms with E-state index in [1.807, 2.05) is 0 Å². The van der Waals surface area contributed by atoms with Crippen molar-refractivity contribution in [3.63, 3.8) is 0 Å². The van der Waals surface area contributed by atoms with E-state index in [0.29, 0.717) is 0 Å². The zero-order chi connectivity index (χ0) is 7.21. The van der Waals surface area contributed by atoms with Gasteiger partial charge in [0, 0.05) is 6.92 Å². The molecule has 0 saturated carbocycles. The van der Waals surface area contributed by atoms with E-state index in [1.165, 1.54) is 6.92 Å². The summed E-state index contributed by atoms with van der Waals surface area (Å²) in [4.78, 5) is 0. The molecule has 0 aliphatic rings. The summed E-state index contributed by atoms with van der Waals surface area (Å²) in [7, 11) is 0. The number of hydrogen-bond acceptors (Lipinski definition) is 2. The van der Waals surface area contributed by atoms with Gasteiger partial charge in [-0.2, -0.15) is 5.26 Å². The van der Waals surface area contributed by atoms with Crippen molar-refractivity contribution in [2.24, 2.45) is 0 Å². The van der Waals surface area contributed by atoms with Crippen molar-refractivity contribution in [2.45, 2.75) is 33.3 Å². The van der Waals surface area contributed by atoms with Crippen molar-refractivity contribution in [2.75, 3.05) is 0 Å². The van der Waals surface area contributed by atoms with Gasteiger partial charge >= 0.3 is 18.9 Å². The van der Waals surface area contributed by atoms with Gasteiger partial charge in [-0.25, -0.2) is 0 Å². The molecule has 0 aliphatic heterocycles. The summed E-state index contributed by atoms with van der Waals surface area (Å²) < 4.78 is 0. The molecule has 1 N–H and O–H groups in total. The standard InChI is InChI=1S/C4H10O.C2H3N.Li.H/c1-4(2,3)5;1-2-3;;/h5H,1-3H3;1H3;;. The van der Waals surface area contributed by atoms with E-state index in [4.69, 9.17) is 10.4 Å². The van der Waals surface area contributed by atoms with E-state index in [1.54, 1.807) is 26.8 Å². The van der Waals surface area contributed by atoms with Crippen LogP contribution in [0.4, 0.5) is 0 Å². The summed E-state index contributed by atoms with van der Waals surface area (Å²) >= 11 is 0. The molecular formula is C6H14LiNO. The van der Waals surface area contributed by atoms with Gasteiger partial charge in [0.25, 0.3) is 0 Å². The fourth-order valence-corrected chi connectivity index (χ4v) is 0. The molecule has 9 heavy (non-hydrogen) atoms. The topological polar surface area (TPSA) is 44.0 Å². The zero-order valence-electron chi connectivity index (χ0n) is 5.89. The first-order valence-electron chi connectivity index (χ1n) is 2.45. The van der Waals surface area contributed by atoms with E-state index in [-0.39, 0.29) is 18.9 Å². The number of hydrogen-bond donors (Lipinski definition) is 1. The Kier molecular flexibility index (Phi) is 14.3. The first-order valence-corrected chi connectivity index (χ1v) is 2.45. The van der Waals surface area contributed by atoms with Crippen molar-refractivity contribution in [3.8, 4) is 6.07 Å². The first-order chi connectivity index (χ1) is 3.41. The summed E-state index contributed by atoms with van der Waals surface area (Å²) in [6.45, 7) is 6.66. The molecule has 0 fully saturated rings. The molecule has 3 heteroatoms. The van der Waals surface area contributed by atoms with E-state index in [9.17, 15) is 0 Å². The molecule has 0 spiro atoms. The molecule has 0 saturated heterocycles. The number of rotatable bonds is 0. The van der Waals surface area contributed by atoms with Crippen molar-refractivity contribution in [1.29, 1.82) is 5.26 Å². The van der Waals surface area contributed by atoms with Gasteiger partial charge in [0.1, 0.15) is 0 Å². The zero-order valence-corrected chi connectivity index (χ0v) is 5.89. The van der Waals surface area contributed by atoms with Gasteiger partial charge in [0.15, 0.2) is 0 Å². The average molecular weight is 123 g/mol. The summed E-state index contributed by atoms with van der Waals surface area (Å²) in [5.74, 6) is 0. The minimum atomic E-state index is -0.500. The minimum absolute atomic E-state index is 0. The third kappa shape index (κ3) is 131000. The Hall–Kier alpha value is 0.0474. The van der Waals surface area contributed by atoms with E-state index >= 15 is 0 Å². The van der Waals surface area contributed by atoms with Crippen LogP contribution in [0, 0.1) is 11.3 Å². The second-order valence-corrected chi connectivity index (χ2v) is 2.39. The second kappa shape index (κ2) is 8.05. The second-order valence-electron chi connectivity index (χ2n) is 2.39. The van der Waals surface area contributed by atoms with Crippen LogP contribution >= 0.6 is 0 Å². The number of aliphatic hydroxyl groups is 1. The maximum absolute atomic E-state index is 8.52. The molecule has 0 rings (SSSR count). The normalized spacial score (nSPS) is 7.56. The Bertz CT molecular complexity index is 74.0. The molecular weight excluding hydrogens is 109 g/mol. The van der Waals surface area contributed by atoms with Gasteiger partial charge in [0.05, 0.1) is 11.7 Å². The van der Waals surface area contributed by atoms with Crippen molar-refractivity contribution in [1.82, 2.24) is 0 Å². The fraction of sp³-hybridized carbons (Fsp3) is 0.833. The predicted molar refractivity (Wildman–Crippen MR) is 40.4 cm³/mol. The van der Waals surface area contributed by atoms with Crippen LogP contribution < -0.4 is 0 Å². The monoisotopic (exact) mass is 123 g/mol. The number of nitrogens with zero attached hydrogens (tertiary/aromatic N) is 1. The molecule has 0 aromatic carbocycles. The van der Waals surface area contributed by atoms with Crippen LogP contribution in [0.3, 0.4) is 0 Å². The van der Waals surface area contributed by atoms with Gasteiger partial charge in [-0.1, -0.05) is 0 Å². The van der Waals surface area contributed by atoms with Crippen molar-refractivity contribution in [3.05, 3.63) is 0 Å². The van der Waals surface area contributed by atoms with Gasteiger partial charge in [0.2, 0.25) is 0 Å². The number of nitriles is 1. The van der Waals surface area contributed by atoms with Crippen molar-refractivity contribution < 1.29 is 5.11 Å². The average Bonchev–Trinajstić information content (AvgIpc) is 1.27. The summed E-state index contributed by atoms with van der Waals surface area (Å²) in [6, 6.07) is 1.75. The van der Waals surface area contributed by atoms with Crippen molar-refractivity contribution >= 4 is 18.9 Å². The summed E-state index contributed by atoms with van der Waals surface area (Å²) in [5.41, 5.74) is -0.500. The van der Waals surface area contributed by atoms with E-state index < -0.39 is 5.60 Å². The molecule has 0 aliphatic carbocycles. The van der Waals surface area contributed by atoms with Crippen LogP contribution in [0.5, 0.6) is 0 Å². The molecule has 0 radical (unpaired) electrons. The Morgan fingerprint density at radius 1 is 1.33 bits per heavy atom. The van der Waals surface area contributed by atoms with Gasteiger partial charge in [-0.15, -0.1) is 0 Å². The van der Waals surface area contributed by atoms with Crippen LogP contribution in [-0.2, 0) is 0 Å². The third-order valence-corrected chi connectivity index (χ3v) is 0. The molecule has 0 amide bonds. The van der Waals surface area contributed by atoms with Crippen LogP contribution in [0.1, 0.15) is 27.7 Å². The van der Waals surface area contributed by atoms with Gasteiger partial charge in [-0.05, 0) is 20.8 Å². The molecule has 0 bridgehead atoms. The molecule has 2 nitrogen and oxygen atoms in total. The molecule has 0 atom stereocenters. The Morgan fingerprint density at radius 2 is 1.33 bits per heavy atom. The van der Waals surface area contributed by atoms with E-state index in [0.717, 1.165) is 0 Å². The SMILES string of the molecule is CC#N.CC(C)(C)O.[LiH]. The molecule has 50 valence electrons. The molecule has 0 heterocycles. The van der Waals surface area contributed by atoms with E-state index in [2.05, 4.69) is 0 Å². The summed E-state index contributed by atoms with van der Waals surface area (Å²) in [5, 5.41) is 15.8. The summed E-state index contributed by atoms with van der Waals surface area (Å²) in [6.07, 6.45) is 0. The molecule has 0 aromatic heterocycles. The van der Waals surface area contributed by atoms with Gasteiger partial charge < -0.3 is 5.11 Å². The van der Waals surface area contributed by atoms with Crippen LogP contribution in [-0.4, -0.2) is 29.6 Å². The van der Waals surface area contributed by atoms with Crippen LogP contribution in [0.2, 0.25) is 0 Å². The quantitative estimate of drug-likeness (QED) is 0.481. The van der Waals surface area contributed by atoms with Gasteiger partial charge in [-0.3, -0.25) is 0 Å². The maximum atomic E-state index is 8.52. The first kappa shape index (κ1) is 16.0. The van der Waals surface area contributed by atoms with Crippen LogP contribution in [0.15, 0.2) is 0 Å². The molecule has 0 unspecified atom stereocenters. The predicted octanol–water partition coefficient (Wildman–Crippen LogP) is 0.659. The fourth-order valence-electron chi connectivity index (χ4n) is 0. The third-order valence-electron chi connectivity index (χ3n) is 0. The Labute approximate surface area is 69.1 Å². The molecule has 0 aromatic rings.